The van der Waals surface area contributed by atoms with Gasteiger partial charge in [-0.25, -0.2) is 4.39 Å². The second kappa shape index (κ2) is 7.50. The summed E-state index contributed by atoms with van der Waals surface area (Å²) in [5, 5.41) is 12.6. The van der Waals surface area contributed by atoms with Crippen LogP contribution in [0.4, 0.5) is 4.39 Å². The first-order valence-electron chi connectivity index (χ1n) is 6.80. The third kappa shape index (κ3) is 3.95. The van der Waals surface area contributed by atoms with Gasteiger partial charge in [0.05, 0.1) is 11.2 Å². The Morgan fingerprint density at radius 3 is 3.08 bits per heavy atom. The van der Waals surface area contributed by atoms with Gasteiger partial charge in [-0.2, -0.15) is 9.78 Å². The maximum absolute atomic E-state index is 13.1. The topological polar surface area (TPSA) is 65.4 Å². The first-order chi connectivity index (χ1) is 11.7. The van der Waals surface area contributed by atoms with Gasteiger partial charge in [-0.15, -0.1) is 10.2 Å². The number of benzene rings is 1. The second-order valence-corrected chi connectivity index (χ2v) is 5.76. The van der Waals surface area contributed by atoms with Gasteiger partial charge in [0.2, 0.25) is 5.16 Å². The molecule has 0 radical (unpaired) electrons. The molecule has 0 aliphatic carbocycles. The zero-order valence-corrected chi connectivity index (χ0v) is 14.1. The number of hydrogen-bond donors (Lipinski definition) is 0. The Hall–Kier alpha value is -2.32. The van der Waals surface area contributed by atoms with E-state index in [4.69, 9.17) is 20.8 Å². The second-order valence-electron chi connectivity index (χ2n) is 4.58. The maximum Gasteiger partial charge on any atom is 0.211 e. The van der Waals surface area contributed by atoms with Crippen molar-refractivity contribution >= 4 is 29.6 Å². The summed E-state index contributed by atoms with van der Waals surface area (Å²) >= 11 is 7.14. The average Bonchev–Trinajstić information content (AvgIpc) is 3.22. The van der Waals surface area contributed by atoms with Crippen LogP contribution in [0, 0.1) is 5.82 Å². The maximum atomic E-state index is 13.1. The highest BCUT2D eigenvalue weighted by molar-refractivity contribution is 7.98. The molecule has 0 saturated heterocycles. The van der Waals surface area contributed by atoms with Crippen molar-refractivity contribution in [3.05, 3.63) is 59.0 Å². The average molecular weight is 367 g/mol. The molecule has 0 aliphatic rings. The molecule has 0 bridgehead atoms. The monoisotopic (exact) mass is 366 g/mol. The summed E-state index contributed by atoms with van der Waals surface area (Å²) in [6.45, 7) is 0.193. The van der Waals surface area contributed by atoms with E-state index < -0.39 is 5.82 Å². The molecule has 24 heavy (non-hydrogen) atoms. The molecule has 0 saturated carbocycles. The molecule has 3 aromatic rings. The van der Waals surface area contributed by atoms with Crippen LogP contribution >= 0.6 is 23.4 Å². The highest BCUT2D eigenvalue weighted by atomic mass is 35.5. The SMILES string of the molecule is CSc1nncn1/N=C/c1ccc(COc2ccc(F)c(Cl)c2)o1. The van der Waals surface area contributed by atoms with Crippen molar-refractivity contribution in [2.75, 3.05) is 6.26 Å². The molecule has 0 N–H and O–H groups in total. The first-order valence-corrected chi connectivity index (χ1v) is 8.41. The van der Waals surface area contributed by atoms with E-state index in [2.05, 4.69) is 15.3 Å². The molecule has 0 aliphatic heterocycles. The Bertz CT molecular complexity index is 865. The van der Waals surface area contributed by atoms with Crippen LogP contribution in [-0.2, 0) is 6.61 Å². The highest BCUT2D eigenvalue weighted by Crippen LogP contribution is 2.22. The van der Waals surface area contributed by atoms with Gasteiger partial charge in [0.25, 0.3) is 0 Å². The van der Waals surface area contributed by atoms with E-state index in [0.29, 0.717) is 22.4 Å². The third-order valence-corrected chi connectivity index (χ3v) is 3.87. The molecule has 0 unspecified atom stereocenters. The van der Waals surface area contributed by atoms with Gasteiger partial charge in [0, 0.05) is 6.07 Å². The lowest BCUT2D eigenvalue weighted by atomic mass is 10.3. The Kier molecular flexibility index (Phi) is 5.17. The zero-order valence-electron chi connectivity index (χ0n) is 12.5. The predicted molar refractivity (Wildman–Crippen MR) is 89.2 cm³/mol. The summed E-state index contributed by atoms with van der Waals surface area (Å²) in [5.41, 5.74) is 0. The zero-order chi connectivity index (χ0) is 16.9. The lowest BCUT2D eigenvalue weighted by Gasteiger charge is -2.04. The Balaban J connectivity index is 1.62. The fourth-order valence-corrected chi connectivity index (χ4v) is 2.40. The molecule has 3 rings (SSSR count). The van der Waals surface area contributed by atoms with Gasteiger partial charge in [0.1, 0.15) is 36.0 Å². The van der Waals surface area contributed by atoms with Crippen LogP contribution in [0.1, 0.15) is 11.5 Å². The minimum atomic E-state index is -0.487. The van der Waals surface area contributed by atoms with Crippen molar-refractivity contribution in [3.8, 4) is 5.75 Å². The molecule has 0 atom stereocenters. The minimum Gasteiger partial charge on any atom is -0.486 e. The van der Waals surface area contributed by atoms with Crippen molar-refractivity contribution in [2.45, 2.75) is 11.8 Å². The van der Waals surface area contributed by atoms with E-state index >= 15 is 0 Å². The lowest BCUT2D eigenvalue weighted by molar-refractivity contribution is 0.269. The van der Waals surface area contributed by atoms with Crippen molar-refractivity contribution < 1.29 is 13.5 Å². The van der Waals surface area contributed by atoms with Crippen LogP contribution in [0.15, 0.2) is 51.3 Å². The van der Waals surface area contributed by atoms with Crippen molar-refractivity contribution in [1.82, 2.24) is 14.9 Å². The molecular formula is C15H12ClFN4O2S. The van der Waals surface area contributed by atoms with Crippen molar-refractivity contribution in [1.29, 1.82) is 0 Å². The molecule has 2 aromatic heterocycles. The molecule has 0 amide bonds. The smallest absolute Gasteiger partial charge is 0.211 e. The van der Waals surface area contributed by atoms with E-state index in [0.717, 1.165) is 0 Å². The standard InChI is InChI=1S/C15H12ClFN4O2S/c1-24-15-20-18-9-21(15)19-7-11-2-3-12(23-11)8-22-10-4-5-14(17)13(16)6-10/h2-7,9H,8H2,1H3/b19-7+. The molecular weight excluding hydrogens is 355 g/mol. The Morgan fingerprint density at radius 2 is 2.29 bits per heavy atom. The van der Waals surface area contributed by atoms with E-state index in [1.54, 1.807) is 23.0 Å². The Morgan fingerprint density at radius 1 is 1.42 bits per heavy atom. The molecule has 0 fully saturated rings. The number of ether oxygens (including phenoxy) is 1. The number of halogens is 2. The van der Waals surface area contributed by atoms with Crippen molar-refractivity contribution in [3.63, 3.8) is 0 Å². The summed E-state index contributed by atoms with van der Waals surface area (Å²) in [5.74, 6) is 1.14. The van der Waals surface area contributed by atoms with Gasteiger partial charge in [-0.3, -0.25) is 0 Å². The van der Waals surface area contributed by atoms with E-state index in [9.17, 15) is 4.39 Å². The molecule has 2 heterocycles. The van der Waals surface area contributed by atoms with E-state index in [1.807, 2.05) is 6.26 Å². The molecule has 124 valence electrons. The van der Waals surface area contributed by atoms with Crippen LogP contribution in [0.2, 0.25) is 5.02 Å². The number of nitrogens with zero attached hydrogens (tertiary/aromatic N) is 4. The number of aromatic nitrogens is 3. The summed E-state index contributed by atoms with van der Waals surface area (Å²) in [7, 11) is 0. The molecule has 6 nitrogen and oxygen atoms in total. The van der Waals surface area contributed by atoms with Gasteiger partial charge in [-0.1, -0.05) is 23.4 Å². The molecule has 1 aromatic carbocycles. The van der Waals surface area contributed by atoms with Crippen LogP contribution in [0.25, 0.3) is 0 Å². The van der Waals surface area contributed by atoms with E-state index in [-0.39, 0.29) is 11.6 Å². The van der Waals surface area contributed by atoms with Gasteiger partial charge in [-0.05, 0) is 30.5 Å². The molecule has 9 heteroatoms. The van der Waals surface area contributed by atoms with Crippen LogP contribution < -0.4 is 4.74 Å². The summed E-state index contributed by atoms with van der Waals surface area (Å²) in [6.07, 6.45) is 4.95. The number of thioether (sulfide) groups is 1. The minimum absolute atomic E-state index is 0.0123. The fraction of sp³-hybridized carbons (Fsp3) is 0.133. The summed E-state index contributed by atoms with van der Waals surface area (Å²) < 4.78 is 25.7. The van der Waals surface area contributed by atoms with Crippen LogP contribution in [0.5, 0.6) is 5.75 Å². The normalized spacial score (nSPS) is 11.3. The largest absolute Gasteiger partial charge is 0.486 e. The number of hydrogen-bond acceptors (Lipinski definition) is 6. The van der Waals surface area contributed by atoms with E-state index in [1.165, 1.54) is 36.3 Å². The van der Waals surface area contributed by atoms with Crippen LogP contribution in [0.3, 0.4) is 0 Å². The number of rotatable bonds is 6. The number of furan rings is 1. The van der Waals surface area contributed by atoms with Gasteiger partial charge in [0.15, 0.2) is 0 Å². The summed E-state index contributed by atoms with van der Waals surface area (Å²) in [4.78, 5) is 0. The third-order valence-electron chi connectivity index (χ3n) is 2.95. The van der Waals surface area contributed by atoms with Crippen molar-refractivity contribution in [2.24, 2.45) is 5.10 Å². The Labute approximate surface area is 146 Å². The summed E-state index contributed by atoms with van der Waals surface area (Å²) in [6, 6.07) is 7.71. The van der Waals surface area contributed by atoms with Gasteiger partial charge >= 0.3 is 0 Å². The molecule has 0 spiro atoms. The van der Waals surface area contributed by atoms with Gasteiger partial charge < -0.3 is 9.15 Å². The highest BCUT2D eigenvalue weighted by Gasteiger charge is 2.05. The van der Waals surface area contributed by atoms with Crippen LogP contribution in [-0.4, -0.2) is 27.3 Å². The quantitative estimate of drug-likeness (QED) is 0.489. The predicted octanol–water partition coefficient (Wildman–Crippen LogP) is 3.85. The first kappa shape index (κ1) is 16.5. The lowest BCUT2D eigenvalue weighted by Crippen LogP contribution is -1.94. The fourth-order valence-electron chi connectivity index (χ4n) is 1.81.